The van der Waals surface area contributed by atoms with Crippen LogP contribution in [-0.2, 0) is 10.0 Å². The van der Waals surface area contributed by atoms with Crippen LogP contribution in [0.5, 0.6) is 0 Å². The quantitative estimate of drug-likeness (QED) is 0.623. The van der Waals surface area contributed by atoms with Crippen LogP contribution < -0.4 is 15.8 Å². The van der Waals surface area contributed by atoms with Gasteiger partial charge in [-0.2, -0.15) is 0 Å². The van der Waals surface area contributed by atoms with Gasteiger partial charge in [-0.3, -0.25) is 4.79 Å². The van der Waals surface area contributed by atoms with E-state index in [1.54, 1.807) is 12.1 Å². The molecule has 0 bridgehead atoms. The molecule has 0 spiro atoms. The van der Waals surface area contributed by atoms with Crippen molar-refractivity contribution in [2.75, 3.05) is 13.1 Å². The number of nitrogens with two attached hydrogens (primary N) is 1. The first kappa shape index (κ1) is 17.9. The number of benzene rings is 1. The first-order valence-electron chi connectivity index (χ1n) is 8.13. The van der Waals surface area contributed by atoms with Gasteiger partial charge in [-0.15, -0.1) is 0 Å². The lowest BCUT2D eigenvalue weighted by molar-refractivity contribution is 0.0953. The van der Waals surface area contributed by atoms with Crippen molar-refractivity contribution in [2.45, 2.75) is 49.5 Å². The molecule has 1 aromatic rings. The zero-order valence-electron chi connectivity index (χ0n) is 13.3. The second-order valence-electron chi connectivity index (χ2n) is 5.88. The summed E-state index contributed by atoms with van der Waals surface area (Å²) in [5.41, 5.74) is 5.76. The molecule has 1 amide bonds. The smallest absolute Gasteiger partial charge is 0.251 e. The summed E-state index contributed by atoms with van der Waals surface area (Å²) < 4.78 is 27.5. The first-order chi connectivity index (χ1) is 11.0. The van der Waals surface area contributed by atoms with Gasteiger partial charge in [0.05, 0.1) is 4.90 Å². The first-order valence-corrected chi connectivity index (χ1v) is 9.62. The van der Waals surface area contributed by atoms with Crippen molar-refractivity contribution in [2.24, 2.45) is 5.73 Å². The number of carbonyl (C=O) groups excluding carboxylic acids is 1. The molecule has 4 N–H and O–H groups in total. The third-order valence-electron chi connectivity index (χ3n) is 4.00. The molecule has 7 heteroatoms. The fraction of sp³-hybridized carbons (Fsp3) is 0.562. The molecule has 1 aliphatic carbocycles. The molecule has 2 rings (SSSR count). The minimum absolute atomic E-state index is 0.00810. The summed E-state index contributed by atoms with van der Waals surface area (Å²) in [5.74, 6) is -0.264. The number of carbonyl (C=O) groups is 1. The van der Waals surface area contributed by atoms with E-state index in [4.69, 9.17) is 5.73 Å². The van der Waals surface area contributed by atoms with E-state index < -0.39 is 10.0 Å². The maximum absolute atomic E-state index is 12.4. The standard InChI is InChI=1S/C16H25N3O3S/c17-10-3-4-11-18-16(20)13-6-5-9-15(12-13)23(21,22)19-14-7-1-2-8-14/h5-6,9,12,14,19H,1-4,7-8,10-11,17H2,(H,18,20). The molecule has 1 saturated carbocycles. The summed E-state index contributed by atoms with van der Waals surface area (Å²) in [6.45, 7) is 1.13. The Kier molecular flexibility index (Phi) is 6.56. The van der Waals surface area contributed by atoms with Crippen LogP contribution >= 0.6 is 0 Å². The fourth-order valence-corrected chi connectivity index (χ4v) is 4.06. The second-order valence-corrected chi connectivity index (χ2v) is 7.60. The molecule has 1 aliphatic rings. The van der Waals surface area contributed by atoms with Crippen LogP contribution in [0.15, 0.2) is 29.2 Å². The third kappa shape index (κ3) is 5.30. The summed E-state index contributed by atoms with van der Waals surface area (Å²) >= 11 is 0. The molecule has 0 saturated heterocycles. The van der Waals surface area contributed by atoms with E-state index in [1.165, 1.54) is 12.1 Å². The zero-order chi connectivity index (χ0) is 16.7. The van der Waals surface area contributed by atoms with E-state index in [-0.39, 0.29) is 16.8 Å². The van der Waals surface area contributed by atoms with Crippen molar-refractivity contribution in [3.8, 4) is 0 Å². The van der Waals surface area contributed by atoms with Gasteiger partial charge in [0.2, 0.25) is 10.0 Å². The Morgan fingerprint density at radius 2 is 1.96 bits per heavy atom. The van der Waals surface area contributed by atoms with E-state index in [1.807, 2.05) is 0 Å². The Labute approximate surface area is 137 Å². The van der Waals surface area contributed by atoms with Gasteiger partial charge in [-0.05, 0) is 50.4 Å². The largest absolute Gasteiger partial charge is 0.352 e. The summed E-state index contributed by atoms with van der Waals surface area (Å²) in [6.07, 6.45) is 5.52. The predicted molar refractivity (Wildman–Crippen MR) is 89.6 cm³/mol. The fourth-order valence-electron chi connectivity index (χ4n) is 2.71. The Bertz CT molecular complexity index is 625. The lowest BCUT2D eigenvalue weighted by Crippen LogP contribution is -2.33. The minimum Gasteiger partial charge on any atom is -0.352 e. The number of hydrogen-bond donors (Lipinski definition) is 3. The summed E-state index contributed by atoms with van der Waals surface area (Å²) in [4.78, 5) is 12.2. The van der Waals surface area contributed by atoms with Gasteiger partial charge >= 0.3 is 0 Å². The molecule has 0 heterocycles. The Morgan fingerprint density at radius 1 is 1.22 bits per heavy atom. The molecule has 1 fully saturated rings. The van der Waals surface area contributed by atoms with Crippen molar-refractivity contribution in [1.29, 1.82) is 0 Å². The van der Waals surface area contributed by atoms with Crippen molar-refractivity contribution in [3.05, 3.63) is 29.8 Å². The molecule has 0 unspecified atom stereocenters. The molecule has 0 atom stereocenters. The molecular weight excluding hydrogens is 314 g/mol. The number of nitrogens with one attached hydrogen (secondary N) is 2. The third-order valence-corrected chi connectivity index (χ3v) is 5.52. The van der Waals surface area contributed by atoms with Crippen molar-refractivity contribution < 1.29 is 13.2 Å². The van der Waals surface area contributed by atoms with E-state index >= 15 is 0 Å². The summed E-state index contributed by atoms with van der Waals surface area (Å²) in [5, 5.41) is 2.78. The number of amides is 1. The van der Waals surface area contributed by atoms with Gasteiger partial charge in [0.1, 0.15) is 0 Å². The van der Waals surface area contributed by atoms with Crippen LogP contribution in [0, 0.1) is 0 Å². The highest BCUT2D eigenvalue weighted by molar-refractivity contribution is 7.89. The van der Waals surface area contributed by atoms with Crippen LogP contribution in [0.25, 0.3) is 0 Å². The summed E-state index contributed by atoms with van der Waals surface area (Å²) in [7, 11) is -3.58. The molecular formula is C16H25N3O3S. The zero-order valence-corrected chi connectivity index (χ0v) is 14.1. The maximum atomic E-state index is 12.4. The van der Waals surface area contributed by atoms with Gasteiger partial charge in [0, 0.05) is 18.2 Å². The SMILES string of the molecule is NCCCCNC(=O)c1cccc(S(=O)(=O)NC2CCCC2)c1. The highest BCUT2D eigenvalue weighted by Crippen LogP contribution is 2.20. The Hall–Kier alpha value is -1.44. The van der Waals surface area contributed by atoms with Crippen LogP contribution in [0.3, 0.4) is 0 Å². The van der Waals surface area contributed by atoms with Gasteiger partial charge in [0.15, 0.2) is 0 Å². The van der Waals surface area contributed by atoms with Crippen LogP contribution in [0.1, 0.15) is 48.9 Å². The average Bonchev–Trinajstić information content (AvgIpc) is 3.04. The number of rotatable bonds is 8. The minimum atomic E-state index is -3.58. The second kappa shape index (κ2) is 8.42. The highest BCUT2D eigenvalue weighted by atomic mass is 32.2. The van der Waals surface area contributed by atoms with Crippen molar-refractivity contribution in [1.82, 2.24) is 10.0 Å². The topological polar surface area (TPSA) is 101 Å². The van der Waals surface area contributed by atoms with Gasteiger partial charge in [0.25, 0.3) is 5.91 Å². The molecule has 0 aliphatic heterocycles. The van der Waals surface area contributed by atoms with E-state index in [0.29, 0.717) is 18.7 Å². The molecule has 0 radical (unpaired) electrons. The number of unbranched alkanes of at least 4 members (excludes halogenated alkanes) is 1. The van der Waals surface area contributed by atoms with Crippen molar-refractivity contribution >= 4 is 15.9 Å². The summed E-state index contributed by atoms with van der Waals surface area (Å²) in [6, 6.07) is 6.16. The molecule has 128 valence electrons. The number of sulfonamides is 1. The Balaban J connectivity index is 2.01. The van der Waals surface area contributed by atoms with E-state index in [9.17, 15) is 13.2 Å². The number of hydrogen-bond acceptors (Lipinski definition) is 4. The van der Waals surface area contributed by atoms with E-state index in [2.05, 4.69) is 10.0 Å². The van der Waals surface area contributed by atoms with E-state index in [0.717, 1.165) is 38.5 Å². The van der Waals surface area contributed by atoms with Crippen molar-refractivity contribution in [3.63, 3.8) is 0 Å². The van der Waals surface area contributed by atoms with Crippen LogP contribution in [-0.4, -0.2) is 33.5 Å². The lowest BCUT2D eigenvalue weighted by atomic mass is 10.2. The monoisotopic (exact) mass is 339 g/mol. The lowest BCUT2D eigenvalue weighted by Gasteiger charge is -2.13. The van der Waals surface area contributed by atoms with Crippen LogP contribution in [0.4, 0.5) is 0 Å². The maximum Gasteiger partial charge on any atom is 0.251 e. The molecule has 0 aromatic heterocycles. The molecule has 23 heavy (non-hydrogen) atoms. The van der Waals surface area contributed by atoms with Gasteiger partial charge in [-0.25, -0.2) is 13.1 Å². The normalized spacial score (nSPS) is 15.7. The molecule has 1 aromatic carbocycles. The Morgan fingerprint density at radius 3 is 2.65 bits per heavy atom. The molecule has 6 nitrogen and oxygen atoms in total. The predicted octanol–water partition coefficient (Wildman–Crippen LogP) is 1.38. The van der Waals surface area contributed by atoms with Gasteiger partial charge < -0.3 is 11.1 Å². The van der Waals surface area contributed by atoms with Gasteiger partial charge in [-0.1, -0.05) is 18.9 Å². The van der Waals surface area contributed by atoms with Crippen LogP contribution in [0.2, 0.25) is 0 Å². The highest BCUT2D eigenvalue weighted by Gasteiger charge is 2.23. The average molecular weight is 339 g/mol.